The highest BCUT2D eigenvalue weighted by atomic mass is 16.4. The van der Waals surface area contributed by atoms with Crippen LogP contribution in [0.3, 0.4) is 0 Å². The third-order valence-electron chi connectivity index (χ3n) is 2.97. The summed E-state index contributed by atoms with van der Waals surface area (Å²) in [6.45, 7) is 2.11. The largest absolute Gasteiger partial charge is 0.478 e. The predicted molar refractivity (Wildman–Crippen MR) is 72.2 cm³/mol. The first-order chi connectivity index (χ1) is 9.58. The lowest BCUT2D eigenvalue weighted by Crippen LogP contribution is -2.30. The minimum Gasteiger partial charge on any atom is -0.478 e. The molecule has 0 aliphatic rings. The van der Waals surface area contributed by atoms with E-state index in [-0.39, 0.29) is 17.5 Å². The number of benzene rings is 1. The van der Waals surface area contributed by atoms with Gasteiger partial charge in [-0.1, -0.05) is 12.1 Å². The molecule has 1 heterocycles. The van der Waals surface area contributed by atoms with Crippen LogP contribution in [0.4, 0.5) is 0 Å². The van der Waals surface area contributed by atoms with Crippen LogP contribution in [0, 0.1) is 0 Å². The van der Waals surface area contributed by atoms with Crippen LogP contribution in [0.5, 0.6) is 0 Å². The van der Waals surface area contributed by atoms with E-state index in [0.29, 0.717) is 6.54 Å². The number of aromatic nitrogens is 2. The van der Waals surface area contributed by atoms with E-state index < -0.39 is 5.97 Å². The number of aromatic carboxylic acids is 1. The van der Waals surface area contributed by atoms with E-state index in [9.17, 15) is 9.59 Å². The SMILES string of the molecule is C[C@H](C(=O)NCc1ccc(C(=O)O)cc1)n1cccn1. The van der Waals surface area contributed by atoms with Gasteiger partial charge in [0.05, 0.1) is 5.56 Å². The van der Waals surface area contributed by atoms with Crippen molar-refractivity contribution in [2.45, 2.75) is 19.5 Å². The van der Waals surface area contributed by atoms with Crippen molar-refractivity contribution >= 4 is 11.9 Å². The van der Waals surface area contributed by atoms with Crippen LogP contribution in [0.1, 0.15) is 28.9 Å². The number of carboxylic acids is 1. The minimum absolute atomic E-state index is 0.143. The summed E-state index contributed by atoms with van der Waals surface area (Å²) in [4.78, 5) is 22.6. The number of nitrogens with zero attached hydrogens (tertiary/aromatic N) is 2. The number of hydrogen-bond donors (Lipinski definition) is 2. The Morgan fingerprint density at radius 2 is 2.05 bits per heavy atom. The molecule has 2 rings (SSSR count). The summed E-state index contributed by atoms with van der Waals surface area (Å²) in [5, 5.41) is 15.6. The fraction of sp³-hybridized carbons (Fsp3) is 0.214. The van der Waals surface area contributed by atoms with Crippen molar-refractivity contribution < 1.29 is 14.7 Å². The van der Waals surface area contributed by atoms with Crippen LogP contribution in [0.25, 0.3) is 0 Å². The van der Waals surface area contributed by atoms with E-state index in [4.69, 9.17) is 5.11 Å². The summed E-state index contributed by atoms with van der Waals surface area (Å²) in [5.74, 6) is -1.11. The van der Waals surface area contributed by atoms with Crippen LogP contribution in [-0.2, 0) is 11.3 Å². The highest BCUT2D eigenvalue weighted by Crippen LogP contribution is 2.06. The summed E-state index contributed by atoms with van der Waals surface area (Å²) in [7, 11) is 0. The molecule has 1 atom stereocenters. The van der Waals surface area contributed by atoms with Crippen molar-refractivity contribution in [3.8, 4) is 0 Å². The summed E-state index contributed by atoms with van der Waals surface area (Å²) in [6, 6.07) is 7.77. The molecule has 1 amide bonds. The van der Waals surface area contributed by atoms with Crippen molar-refractivity contribution in [2.24, 2.45) is 0 Å². The van der Waals surface area contributed by atoms with Gasteiger partial charge in [-0.3, -0.25) is 9.48 Å². The molecule has 0 saturated heterocycles. The van der Waals surface area contributed by atoms with Gasteiger partial charge in [0.2, 0.25) is 5.91 Å². The first-order valence-electron chi connectivity index (χ1n) is 6.17. The van der Waals surface area contributed by atoms with Crippen molar-refractivity contribution in [1.82, 2.24) is 15.1 Å². The fourth-order valence-corrected chi connectivity index (χ4v) is 1.73. The van der Waals surface area contributed by atoms with Crippen LogP contribution in [-0.4, -0.2) is 26.8 Å². The third-order valence-corrected chi connectivity index (χ3v) is 2.97. The number of hydrogen-bond acceptors (Lipinski definition) is 3. The molecule has 2 N–H and O–H groups in total. The van der Waals surface area contributed by atoms with Gasteiger partial charge in [-0.15, -0.1) is 0 Å². The number of amides is 1. The molecule has 6 nitrogen and oxygen atoms in total. The number of carbonyl (C=O) groups is 2. The van der Waals surface area contributed by atoms with E-state index in [1.165, 1.54) is 12.1 Å². The van der Waals surface area contributed by atoms with Gasteiger partial charge >= 0.3 is 5.97 Å². The molecule has 1 aromatic heterocycles. The zero-order valence-corrected chi connectivity index (χ0v) is 11.0. The number of nitrogens with one attached hydrogen (secondary N) is 1. The number of rotatable bonds is 5. The molecule has 0 saturated carbocycles. The van der Waals surface area contributed by atoms with Crippen LogP contribution < -0.4 is 5.32 Å². The maximum absolute atomic E-state index is 11.9. The average molecular weight is 273 g/mol. The Hall–Kier alpha value is -2.63. The smallest absolute Gasteiger partial charge is 0.335 e. The van der Waals surface area contributed by atoms with E-state index in [1.807, 2.05) is 0 Å². The zero-order chi connectivity index (χ0) is 14.5. The van der Waals surface area contributed by atoms with Crippen LogP contribution in [0.15, 0.2) is 42.7 Å². The highest BCUT2D eigenvalue weighted by molar-refractivity contribution is 5.87. The van der Waals surface area contributed by atoms with Gasteiger partial charge in [0.25, 0.3) is 0 Å². The van der Waals surface area contributed by atoms with Gasteiger partial charge in [-0.25, -0.2) is 4.79 Å². The summed E-state index contributed by atoms with van der Waals surface area (Å²) in [6.07, 6.45) is 3.35. The summed E-state index contributed by atoms with van der Waals surface area (Å²) in [5.41, 5.74) is 1.07. The van der Waals surface area contributed by atoms with Gasteiger partial charge in [0.15, 0.2) is 0 Å². The molecule has 0 spiro atoms. The maximum Gasteiger partial charge on any atom is 0.335 e. The Morgan fingerprint density at radius 3 is 2.60 bits per heavy atom. The van der Waals surface area contributed by atoms with Crippen molar-refractivity contribution in [3.05, 3.63) is 53.9 Å². The number of carbonyl (C=O) groups excluding carboxylic acids is 1. The zero-order valence-electron chi connectivity index (χ0n) is 11.0. The molecule has 1 aromatic carbocycles. The Labute approximate surface area is 116 Å². The molecule has 2 aromatic rings. The molecule has 0 aliphatic heterocycles. The van der Waals surface area contributed by atoms with E-state index in [0.717, 1.165) is 5.56 Å². The van der Waals surface area contributed by atoms with Gasteiger partial charge in [-0.2, -0.15) is 5.10 Å². The molecule has 0 bridgehead atoms. The second-order valence-electron chi connectivity index (χ2n) is 4.38. The molecule has 20 heavy (non-hydrogen) atoms. The van der Waals surface area contributed by atoms with Gasteiger partial charge in [-0.05, 0) is 30.7 Å². The monoisotopic (exact) mass is 273 g/mol. The Balaban J connectivity index is 1.91. The third kappa shape index (κ3) is 3.23. The van der Waals surface area contributed by atoms with Gasteiger partial charge in [0, 0.05) is 18.9 Å². The van der Waals surface area contributed by atoms with E-state index in [2.05, 4.69) is 10.4 Å². The molecule has 0 aliphatic carbocycles. The topological polar surface area (TPSA) is 84.2 Å². The standard InChI is InChI=1S/C14H15N3O3/c1-10(17-8-2-7-16-17)13(18)15-9-11-3-5-12(6-4-11)14(19)20/h2-8,10H,9H2,1H3,(H,15,18)(H,19,20)/t10-/m1/s1. The molecule has 0 unspecified atom stereocenters. The van der Waals surface area contributed by atoms with E-state index in [1.54, 1.807) is 42.2 Å². The molecule has 0 radical (unpaired) electrons. The Bertz CT molecular complexity index is 591. The Kier molecular flexibility index (Phi) is 4.14. The highest BCUT2D eigenvalue weighted by Gasteiger charge is 2.14. The second kappa shape index (κ2) is 6.01. The van der Waals surface area contributed by atoms with Crippen LogP contribution >= 0.6 is 0 Å². The lowest BCUT2D eigenvalue weighted by molar-refractivity contribution is -0.124. The van der Waals surface area contributed by atoms with Gasteiger partial charge < -0.3 is 10.4 Å². The van der Waals surface area contributed by atoms with Crippen molar-refractivity contribution in [1.29, 1.82) is 0 Å². The molecular formula is C14H15N3O3. The summed E-state index contributed by atoms with van der Waals surface area (Å²) >= 11 is 0. The molecular weight excluding hydrogens is 258 g/mol. The van der Waals surface area contributed by atoms with E-state index >= 15 is 0 Å². The maximum atomic E-state index is 11.9. The molecule has 0 fully saturated rings. The summed E-state index contributed by atoms with van der Waals surface area (Å²) < 4.78 is 1.57. The number of carboxylic acid groups (broad SMARTS) is 1. The predicted octanol–water partition coefficient (Wildman–Crippen LogP) is 1.46. The van der Waals surface area contributed by atoms with Crippen molar-refractivity contribution in [2.75, 3.05) is 0 Å². The fourth-order valence-electron chi connectivity index (χ4n) is 1.73. The second-order valence-corrected chi connectivity index (χ2v) is 4.38. The quantitative estimate of drug-likeness (QED) is 0.863. The Morgan fingerprint density at radius 1 is 1.35 bits per heavy atom. The van der Waals surface area contributed by atoms with Gasteiger partial charge in [0.1, 0.15) is 6.04 Å². The minimum atomic E-state index is -0.965. The van der Waals surface area contributed by atoms with Crippen molar-refractivity contribution in [3.63, 3.8) is 0 Å². The van der Waals surface area contributed by atoms with Crippen LogP contribution in [0.2, 0.25) is 0 Å². The first kappa shape index (κ1) is 13.8. The first-order valence-corrected chi connectivity index (χ1v) is 6.17. The molecule has 6 heteroatoms. The lowest BCUT2D eigenvalue weighted by Gasteiger charge is -2.12. The molecule has 104 valence electrons. The average Bonchev–Trinajstić information content (AvgIpc) is 2.98. The lowest BCUT2D eigenvalue weighted by atomic mass is 10.1. The normalized spacial score (nSPS) is 11.8.